The molecule has 4 rings (SSSR count). The third kappa shape index (κ3) is 3.19. The minimum Gasteiger partial charge on any atom is -0.492 e. The Balaban J connectivity index is 1.52. The summed E-state index contributed by atoms with van der Waals surface area (Å²) in [4.78, 5) is 31.8. The minimum atomic E-state index is -0.363. The number of aromatic amines is 1. The Labute approximate surface area is 161 Å². The molecule has 1 aliphatic rings. The Bertz CT molecular complexity index is 1060. The number of fused-ring (bicyclic) bond motifs is 1. The predicted molar refractivity (Wildman–Crippen MR) is 104 cm³/mol. The number of hydrogen-bond acceptors (Lipinski definition) is 6. The van der Waals surface area contributed by atoms with E-state index in [1.54, 1.807) is 18.0 Å². The molecule has 3 heterocycles. The fourth-order valence-electron chi connectivity index (χ4n) is 3.49. The minimum absolute atomic E-state index is 0.0874. The summed E-state index contributed by atoms with van der Waals surface area (Å²) in [6, 6.07) is 7.90. The van der Waals surface area contributed by atoms with Gasteiger partial charge in [0.15, 0.2) is 11.2 Å². The van der Waals surface area contributed by atoms with Gasteiger partial charge in [0, 0.05) is 31.9 Å². The summed E-state index contributed by atoms with van der Waals surface area (Å²) < 4.78 is 7.07. The largest absolute Gasteiger partial charge is 0.492 e. The molecule has 1 saturated heterocycles. The molecular weight excluding hydrogens is 360 g/mol. The summed E-state index contributed by atoms with van der Waals surface area (Å²) >= 11 is 0. The molecule has 1 aromatic carbocycles. The first-order valence-corrected chi connectivity index (χ1v) is 9.29. The third-order valence-corrected chi connectivity index (χ3v) is 4.81. The highest BCUT2D eigenvalue weighted by Crippen LogP contribution is 2.29. The molecule has 9 nitrogen and oxygen atoms in total. The molecule has 0 spiro atoms. The zero-order chi connectivity index (χ0) is 19.7. The average molecular weight is 382 g/mol. The lowest BCUT2D eigenvalue weighted by Gasteiger charge is -2.36. The lowest BCUT2D eigenvalue weighted by Crippen LogP contribution is -2.49. The van der Waals surface area contributed by atoms with Crippen LogP contribution in [0.3, 0.4) is 0 Å². The number of piperazine rings is 1. The average Bonchev–Trinajstić information content (AvgIpc) is 3.12. The molecule has 9 heteroatoms. The number of carbonyl (C=O) groups is 1. The van der Waals surface area contributed by atoms with Gasteiger partial charge < -0.3 is 19.5 Å². The van der Waals surface area contributed by atoms with E-state index in [0.29, 0.717) is 38.5 Å². The summed E-state index contributed by atoms with van der Waals surface area (Å²) in [5.74, 6) is 0.568. The molecule has 2 aromatic heterocycles. The maximum atomic E-state index is 12.9. The van der Waals surface area contributed by atoms with Crippen molar-refractivity contribution in [3.8, 4) is 5.75 Å². The smallest absolute Gasteiger partial charge is 0.277 e. The van der Waals surface area contributed by atoms with Crippen LogP contribution in [-0.2, 0) is 0 Å². The van der Waals surface area contributed by atoms with Crippen LogP contribution < -0.4 is 15.2 Å². The van der Waals surface area contributed by atoms with Gasteiger partial charge in [-0.1, -0.05) is 17.3 Å². The first kappa shape index (κ1) is 18.0. The molecule has 1 N–H and O–H groups in total. The molecule has 3 aromatic rings. The van der Waals surface area contributed by atoms with Crippen molar-refractivity contribution in [2.75, 3.05) is 37.7 Å². The van der Waals surface area contributed by atoms with E-state index in [-0.39, 0.29) is 22.7 Å². The van der Waals surface area contributed by atoms with Crippen molar-refractivity contribution in [1.29, 1.82) is 0 Å². The van der Waals surface area contributed by atoms with E-state index in [1.807, 2.05) is 31.2 Å². The number of nitrogens with zero attached hydrogens (tertiary/aromatic N) is 5. The topological polar surface area (TPSA) is 95.8 Å². The molecule has 0 unspecified atom stereocenters. The van der Waals surface area contributed by atoms with Gasteiger partial charge in [-0.3, -0.25) is 9.59 Å². The zero-order valence-corrected chi connectivity index (χ0v) is 15.9. The van der Waals surface area contributed by atoms with Crippen molar-refractivity contribution in [1.82, 2.24) is 24.7 Å². The predicted octanol–water partition coefficient (Wildman–Crippen LogP) is 1.09. The van der Waals surface area contributed by atoms with E-state index in [4.69, 9.17) is 4.74 Å². The summed E-state index contributed by atoms with van der Waals surface area (Å²) in [6.45, 7) is 6.71. The Morgan fingerprint density at radius 3 is 2.71 bits per heavy atom. The van der Waals surface area contributed by atoms with Gasteiger partial charge in [-0.2, -0.15) is 0 Å². The molecule has 0 bridgehead atoms. The maximum Gasteiger partial charge on any atom is 0.277 e. The van der Waals surface area contributed by atoms with Crippen LogP contribution in [0.2, 0.25) is 0 Å². The molecule has 28 heavy (non-hydrogen) atoms. The summed E-state index contributed by atoms with van der Waals surface area (Å²) in [7, 11) is 0. The van der Waals surface area contributed by atoms with Gasteiger partial charge in [0.25, 0.3) is 11.5 Å². The molecule has 1 aliphatic heterocycles. The Kier molecular flexibility index (Phi) is 4.72. The lowest BCUT2D eigenvalue weighted by atomic mass is 10.2. The van der Waals surface area contributed by atoms with E-state index in [1.165, 1.54) is 4.52 Å². The van der Waals surface area contributed by atoms with Crippen LogP contribution in [-0.4, -0.2) is 63.4 Å². The molecule has 1 fully saturated rings. The Morgan fingerprint density at radius 1 is 1.21 bits per heavy atom. The van der Waals surface area contributed by atoms with Crippen LogP contribution in [0.25, 0.3) is 5.52 Å². The number of aromatic nitrogens is 4. The zero-order valence-electron chi connectivity index (χ0n) is 15.9. The maximum absolute atomic E-state index is 12.9. The summed E-state index contributed by atoms with van der Waals surface area (Å²) in [5, 5.41) is 7.88. The van der Waals surface area contributed by atoms with Crippen LogP contribution in [0, 0.1) is 6.92 Å². The van der Waals surface area contributed by atoms with E-state index in [0.717, 1.165) is 11.4 Å². The number of para-hydroxylation sites is 2. The second-order valence-corrected chi connectivity index (χ2v) is 6.68. The van der Waals surface area contributed by atoms with Gasteiger partial charge >= 0.3 is 0 Å². The molecule has 1 amide bonds. The van der Waals surface area contributed by atoms with E-state index < -0.39 is 0 Å². The standard InChI is InChI=1S/C19H22N6O3/c1-3-28-15-7-5-4-6-14(15)23-8-10-24(11-9-23)19(27)16-17-18(26)20-13(2)12-25(17)22-21-16/h4-7,12H,3,8-11H2,1-2H3,(H,20,26). The number of anilines is 1. The number of aryl methyl sites for hydroxylation is 1. The molecular formula is C19H22N6O3. The number of ether oxygens (including phenoxy) is 1. The van der Waals surface area contributed by atoms with Crippen LogP contribution in [0.1, 0.15) is 23.1 Å². The number of rotatable bonds is 4. The number of amides is 1. The van der Waals surface area contributed by atoms with Crippen molar-refractivity contribution >= 4 is 17.1 Å². The summed E-state index contributed by atoms with van der Waals surface area (Å²) in [6.07, 6.45) is 1.64. The van der Waals surface area contributed by atoms with Gasteiger partial charge in [-0.15, -0.1) is 5.10 Å². The van der Waals surface area contributed by atoms with Gasteiger partial charge in [0.1, 0.15) is 5.75 Å². The highest BCUT2D eigenvalue weighted by Gasteiger charge is 2.27. The fraction of sp³-hybridized carbons (Fsp3) is 0.368. The third-order valence-electron chi connectivity index (χ3n) is 4.81. The van der Waals surface area contributed by atoms with Crippen molar-refractivity contribution in [2.24, 2.45) is 0 Å². The summed E-state index contributed by atoms with van der Waals surface area (Å²) in [5.41, 5.74) is 1.59. The Morgan fingerprint density at radius 2 is 1.96 bits per heavy atom. The molecule has 0 aliphatic carbocycles. The number of nitrogens with one attached hydrogen (secondary N) is 1. The highest BCUT2D eigenvalue weighted by molar-refractivity contribution is 5.98. The Hall–Kier alpha value is -3.36. The van der Waals surface area contributed by atoms with E-state index in [9.17, 15) is 9.59 Å². The van der Waals surface area contributed by atoms with Gasteiger partial charge in [-0.25, -0.2) is 4.52 Å². The fourth-order valence-corrected chi connectivity index (χ4v) is 3.49. The quantitative estimate of drug-likeness (QED) is 0.726. The highest BCUT2D eigenvalue weighted by atomic mass is 16.5. The van der Waals surface area contributed by atoms with Crippen molar-refractivity contribution in [3.05, 3.63) is 52.2 Å². The molecule has 146 valence electrons. The normalized spacial score (nSPS) is 14.5. The molecule has 0 radical (unpaired) electrons. The molecule has 0 saturated carbocycles. The van der Waals surface area contributed by atoms with Crippen molar-refractivity contribution < 1.29 is 9.53 Å². The van der Waals surface area contributed by atoms with Crippen molar-refractivity contribution in [2.45, 2.75) is 13.8 Å². The second kappa shape index (κ2) is 7.34. The second-order valence-electron chi connectivity index (χ2n) is 6.68. The van der Waals surface area contributed by atoms with Gasteiger partial charge in [0.2, 0.25) is 0 Å². The van der Waals surface area contributed by atoms with Crippen LogP contribution in [0.5, 0.6) is 5.75 Å². The lowest BCUT2D eigenvalue weighted by molar-refractivity contribution is 0.0742. The van der Waals surface area contributed by atoms with E-state index in [2.05, 4.69) is 20.2 Å². The molecule has 0 atom stereocenters. The number of carbonyl (C=O) groups excluding carboxylic acids is 1. The van der Waals surface area contributed by atoms with Gasteiger partial charge in [0.05, 0.1) is 18.5 Å². The number of benzene rings is 1. The monoisotopic (exact) mass is 382 g/mol. The number of H-pyrrole nitrogens is 1. The first-order valence-electron chi connectivity index (χ1n) is 9.29. The van der Waals surface area contributed by atoms with Crippen LogP contribution in [0.4, 0.5) is 5.69 Å². The van der Waals surface area contributed by atoms with Crippen molar-refractivity contribution in [3.63, 3.8) is 0 Å². The van der Waals surface area contributed by atoms with Crippen LogP contribution in [0.15, 0.2) is 35.3 Å². The van der Waals surface area contributed by atoms with Gasteiger partial charge in [-0.05, 0) is 26.0 Å². The number of hydrogen-bond donors (Lipinski definition) is 1. The first-order chi connectivity index (χ1) is 13.6. The van der Waals surface area contributed by atoms with E-state index >= 15 is 0 Å². The van der Waals surface area contributed by atoms with Crippen LogP contribution >= 0.6 is 0 Å². The SMILES string of the molecule is CCOc1ccccc1N1CCN(C(=O)c2nnn3cc(C)[nH]c(=O)c23)CC1.